The summed E-state index contributed by atoms with van der Waals surface area (Å²) in [5, 5.41) is 28.7. The summed E-state index contributed by atoms with van der Waals surface area (Å²) in [4.78, 5) is 20.7. The first-order valence-electron chi connectivity index (χ1n) is 4.97. The van der Waals surface area contributed by atoms with Gasteiger partial charge >= 0.3 is 5.97 Å². The maximum atomic E-state index is 10.9. The normalized spacial score (nSPS) is 14.3. The first kappa shape index (κ1) is 12.1. The molecule has 1 aromatic carbocycles. The lowest BCUT2D eigenvalue weighted by Crippen LogP contribution is -2.22. The van der Waals surface area contributed by atoms with E-state index in [1.807, 2.05) is 0 Å². The molecule has 96 valence electrons. The van der Waals surface area contributed by atoms with E-state index >= 15 is 0 Å². The Labute approximate surface area is 101 Å². The molecule has 0 radical (unpaired) electrons. The van der Waals surface area contributed by atoms with E-state index < -0.39 is 17.0 Å². The van der Waals surface area contributed by atoms with Crippen LogP contribution in [0.15, 0.2) is 12.1 Å². The van der Waals surface area contributed by atoms with Gasteiger partial charge in [-0.3, -0.25) is 10.1 Å². The second kappa shape index (κ2) is 4.49. The van der Waals surface area contributed by atoms with Crippen LogP contribution in [0.1, 0.15) is 5.56 Å². The molecule has 0 aromatic heterocycles. The summed E-state index contributed by atoms with van der Waals surface area (Å²) in [6, 6.07) is 2.47. The van der Waals surface area contributed by atoms with Crippen LogP contribution < -0.4 is 9.47 Å². The highest BCUT2D eigenvalue weighted by Gasteiger charge is 2.26. The van der Waals surface area contributed by atoms with Gasteiger partial charge in [-0.1, -0.05) is 0 Å². The van der Waals surface area contributed by atoms with Crippen LogP contribution in [-0.2, 0) is 11.2 Å². The number of nitrogens with zero attached hydrogens (tertiary/aromatic N) is 1. The standard InChI is InChI=1S/C10H9NO7/c12-7(10(13)14)1-5-2-8-9(18-4-17-8)3-6(5)11(15)16/h2-3,7,12H,1,4H2,(H,13,14). The van der Waals surface area contributed by atoms with Crippen LogP contribution in [0.25, 0.3) is 0 Å². The highest BCUT2D eigenvalue weighted by molar-refractivity contribution is 5.73. The maximum Gasteiger partial charge on any atom is 0.332 e. The number of nitro groups is 1. The fourth-order valence-corrected chi connectivity index (χ4v) is 1.60. The minimum Gasteiger partial charge on any atom is -0.479 e. The van der Waals surface area contributed by atoms with Crippen molar-refractivity contribution in [3.8, 4) is 11.5 Å². The van der Waals surface area contributed by atoms with Crippen LogP contribution in [0.3, 0.4) is 0 Å². The van der Waals surface area contributed by atoms with Gasteiger partial charge in [0.25, 0.3) is 5.69 Å². The lowest BCUT2D eigenvalue weighted by Gasteiger charge is -2.07. The number of nitro benzene ring substituents is 1. The molecule has 1 aromatic rings. The zero-order valence-electron chi connectivity index (χ0n) is 9.03. The van der Waals surface area contributed by atoms with Crippen LogP contribution in [-0.4, -0.2) is 34.0 Å². The Morgan fingerprint density at radius 2 is 2.06 bits per heavy atom. The Kier molecular flexibility index (Phi) is 3.02. The Hall–Kier alpha value is -2.35. The van der Waals surface area contributed by atoms with Crippen molar-refractivity contribution in [2.45, 2.75) is 12.5 Å². The number of rotatable bonds is 4. The number of aliphatic carboxylic acids is 1. The van der Waals surface area contributed by atoms with Crippen LogP contribution in [0.2, 0.25) is 0 Å². The molecule has 0 spiro atoms. The van der Waals surface area contributed by atoms with Gasteiger partial charge in [-0.2, -0.15) is 0 Å². The molecule has 8 heteroatoms. The predicted molar refractivity (Wildman–Crippen MR) is 56.6 cm³/mol. The minimum atomic E-state index is -1.70. The van der Waals surface area contributed by atoms with Crippen molar-refractivity contribution in [1.82, 2.24) is 0 Å². The van der Waals surface area contributed by atoms with Crippen molar-refractivity contribution < 1.29 is 29.4 Å². The Morgan fingerprint density at radius 3 is 2.61 bits per heavy atom. The first-order valence-corrected chi connectivity index (χ1v) is 4.97. The topological polar surface area (TPSA) is 119 Å². The fraction of sp³-hybridized carbons (Fsp3) is 0.300. The highest BCUT2D eigenvalue weighted by Crippen LogP contribution is 2.38. The summed E-state index contributed by atoms with van der Waals surface area (Å²) in [5.41, 5.74) is -0.223. The summed E-state index contributed by atoms with van der Waals surface area (Å²) in [6.45, 7) is -0.0442. The van der Waals surface area contributed by atoms with E-state index in [1.165, 1.54) is 6.07 Å². The van der Waals surface area contributed by atoms with Crippen molar-refractivity contribution in [3.63, 3.8) is 0 Å². The molecule has 1 atom stereocenters. The minimum absolute atomic E-state index is 0.0442. The molecule has 1 aliphatic heterocycles. The molecule has 1 aliphatic rings. The lowest BCUT2D eigenvalue weighted by atomic mass is 10.0. The van der Waals surface area contributed by atoms with E-state index in [0.29, 0.717) is 5.75 Å². The van der Waals surface area contributed by atoms with Gasteiger partial charge in [0.1, 0.15) is 0 Å². The molecular weight excluding hydrogens is 246 g/mol. The number of carbonyl (C=O) groups is 1. The van der Waals surface area contributed by atoms with Gasteiger partial charge in [-0.25, -0.2) is 4.79 Å². The van der Waals surface area contributed by atoms with Crippen LogP contribution in [0.5, 0.6) is 11.5 Å². The highest BCUT2D eigenvalue weighted by atomic mass is 16.7. The van der Waals surface area contributed by atoms with Crippen molar-refractivity contribution in [2.75, 3.05) is 6.79 Å². The van der Waals surface area contributed by atoms with Crippen molar-refractivity contribution >= 4 is 11.7 Å². The molecule has 1 heterocycles. The molecule has 2 N–H and O–H groups in total. The predicted octanol–water partition coefficient (Wildman–Crippen LogP) is 0.311. The molecule has 1 unspecified atom stereocenters. The smallest absolute Gasteiger partial charge is 0.332 e. The monoisotopic (exact) mass is 255 g/mol. The van der Waals surface area contributed by atoms with E-state index in [1.54, 1.807) is 0 Å². The summed E-state index contributed by atoms with van der Waals surface area (Å²) >= 11 is 0. The van der Waals surface area contributed by atoms with Crippen molar-refractivity contribution in [1.29, 1.82) is 0 Å². The van der Waals surface area contributed by atoms with Crippen LogP contribution >= 0.6 is 0 Å². The van der Waals surface area contributed by atoms with Gasteiger partial charge in [-0.05, 0) is 6.07 Å². The number of fused-ring (bicyclic) bond motifs is 1. The summed E-state index contributed by atoms with van der Waals surface area (Å²) < 4.78 is 10.0. The fourth-order valence-electron chi connectivity index (χ4n) is 1.60. The molecule has 8 nitrogen and oxygen atoms in total. The molecule has 0 bridgehead atoms. The molecule has 2 rings (SSSR count). The molecule has 0 amide bonds. The summed E-state index contributed by atoms with van der Waals surface area (Å²) in [6.07, 6.45) is -2.08. The summed E-state index contributed by atoms with van der Waals surface area (Å²) in [5.74, 6) is -0.912. The SMILES string of the molecule is O=C(O)C(O)Cc1cc2c(cc1[N+](=O)[O-])OCO2. The third-order valence-electron chi connectivity index (χ3n) is 2.47. The number of hydrogen-bond acceptors (Lipinski definition) is 6. The Bertz CT molecular complexity index is 513. The number of ether oxygens (including phenoxy) is 2. The Morgan fingerprint density at radius 1 is 1.44 bits per heavy atom. The average Bonchev–Trinajstić information content (AvgIpc) is 2.74. The number of hydrogen-bond donors (Lipinski definition) is 2. The van der Waals surface area contributed by atoms with E-state index in [2.05, 4.69) is 0 Å². The molecule has 0 aliphatic carbocycles. The molecule has 0 fully saturated rings. The van der Waals surface area contributed by atoms with Gasteiger partial charge in [0.05, 0.1) is 11.0 Å². The molecular formula is C10H9NO7. The van der Waals surface area contributed by atoms with Gasteiger partial charge in [0, 0.05) is 12.0 Å². The van der Waals surface area contributed by atoms with Crippen molar-refractivity contribution in [2.24, 2.45) is 0 Å². The van der Waals surface area contributed by atoms with Gasteiger partial charge in [0.15, 0.2) is 17.6 Å². The van der Waals surface area contributed by atoms with E-state index in [9.17, 15) is 20.0 Å². The number of carboxylic acid groups (broad SMARTS) is 1. The van der Waals surface area contributed by atoms with E-state index in [0.717, 1.165) is 6.07 Å². The van der Waals surface area contributed by atoms with Crippen molar-refractivity contribution in [3.05, 3.63) is 27.8 Å². The third kappa shape index (κ3) is 2.18. The number of carboxylic acids is 1. The van der Waals surface area contributed by atoms with E-state index in [4.69, 9.17) is 14.6 Å². The lowest BCUT2D eigenvalue weighted by molar-refractivity contribution is -0.385. The molecule has 18 heavy (non-hydrogen) atoms. The largest absolute Gasteiger partial charge is 0.479 e. The zero-order valence-corrected chi connectivity index (χ0v) is 9.03. The Balaban J connectivity index is 2.38. The number of benzene rings is 1. The zero-order chi connectivity index (χ0) is 13.3. The second-order valence-corrected chi connectivity index (χ2v) is 3.65. The van der Waals surface area contributed by atoms with Gasteiger partial charge in [-0.15, -0.1) is 0 Å². The van der Waals surface area contributed by atoms with Gasteiger partial charge < -0.3 is 19.7 Å². The number of aliphatic hydroxyl groups is 1. The average molecular weight is 255 g/mol. The maximum absolute atomic E-state index is 10.9. The van der Waals surface area contributed by atoms with Crippen LogP contribution in [0, 0.1) is 10.1 Å². The van der Waals surface area contributed by atoms with Gasteiger partial charge in [0.2, 0.25) is 6.79 Å². The third-order valence-corrected chi connectivity index (χ3v) is 2.47. The van der Waals surface area contributed by atoms with E-state index in [-0.39, 0.29) is 30.2 Å². The molecule has 0 saturated heterocycles. The quantitative estimate of drug-likeness (QED) is 0.586. The second-order valence-electron chi connectivity index (χ2n) is 3.65. The molecule has 0 saturated carbocycles. The number of aliphatic hydroxyl groups excluding tert-OH is 1. The van der Waals surface area contributed by atoms with Crippen LogP contribution in [0.4, 0.5) is 5.69 Å². The summed E-state index contributed by atoms with van der Waals surface area (Å²) in [7, 11) is 0. The first-order chi connectivity index (χ1) is 8.49.